The number of likely N-dealkylation sites (N-methyl/N-ethyl adjacent to an activating group) is 1. The molecule has 2 amide bonds. The first-order valence-corrected chi connectivity index (χ1v) is 12.9. The van der Waals surface area contributed by atoms with Crippen LogP contribution in [0.15, 0.2) is 66.9 Å². The van der Waals surface area contributed by atoms with Gasteiger partial charge in [0.2, 0.25) is 5.69 Å². The van der Waals surface area contributed by atoms with Crippen molar-refractivity contribution in [2.24, 2.45) is 0 Å². The van der Waals surface area contributed by atoms with Crippen molar-refractivity contribution in [1.29, 1.82) is 0 Å². The van der Waals surface area contributed by atoms with Crippen molar-refractivity contribution in [3.63, 3.8) is 0 Å². The molecule has 1 heterocycles. The summed E-state index contributed by atoms with van der Waals surface area (Å²) in [5.74, 6) is -0.405. The first-order valence-electron chi connectivity index (χ1n) is 12.9. The Morgan fingerprint density at radius 1 is 1.05 bits per heavy atom. The molecule has 212 valence electrons. The highest BCUT2D eigenvalue weighted by atomic mass is 19.1. The summed E-state index contributed by atoms with van der Waals surface area (Å²) < 4.78 is 39.5. The Morgan fingerprint density at radius 3 is 2.49 bits per heavy atom. The molecule has 11 heteroatoms. The van der Waals surface area contributed by atoms with E-state index in [9.17, 15) is 18.7 Å². The molecule has 0 fully saturated rings. The average molecular weight is 562 g/mol. The minimum absolute atomic E-state index is 0.0162. The molecule has 3 N–H and O–H groups in total. The van der Waals surface area contributed by atoms with Gasteiger partial charge in [-0.3, -0.25) is 4.98 Å². The van der Waals surface area contributed by atoms with Gasteiger partial charge in [0.05, 0.1) is 17.8 Å². The largest absolute Gasteiger partial charge is 0.502 e. The Kier molecular flexibility index (Phi) is 9.63. The fraction of sp³-hybridized carbons (Fsp3) is 0.233. The zero-order chi connectivity index (χ0) is 29.4. The quantitative estimate of drug-likeness (QED) is 0.179. The molecule has 4 aromatic rings. The molecule has 3 aromatic carbocycles. The van der Waals surface area contributed by atoms with Crippen LogP contribution < -0.4 is 20.1 Å². The fourth-order valence-electron chi connectivity index (χ4n) is 4.05. The third-order valence-electron chi connectivity index (χ3n) is 6.22. The maximum Gasteiger partial charge on any atom is 0.323 e. The van der Waals surface area contributed by atoms with Gasteiger partial charge >= 0.3 is 6.03 Å². The van der Waals surface area contributed by atoms with Crippen LogP contribution in [0.5, 0.6) is 17.2 Å². The lowest BCUT2D eigenvalue weighted by atomic mass is 10.1. The number of hydrogen-bond acceptors (Lipinski definition) is 6. The number of benzene rings is 3. The molecule has 1 aromatic heterocycles. The van der Waals surface area contributed by atoms with Crippen molar-refractivity contribution >= 4 is 34.0 Å². The van der Waals surface area contributed by atoms with Crippen LogP contribution in [-0.4, -0.2) is 53.4 Å². The highest BCUT2D eigenvalue weighted by Crippen LogP contribution is 2.38. The SMILES string of the molecule is [C-]#[N+]c1cc2c(Oc3ccc(NC(=O)Nc4ccc(F)cc4)c(F)c3)ccnc2cc1OC[C@H](O)CN(CC)CC. The number of aromatic nitrogens is 1. The van der Waals surface area contributed by atoms with Gasteiger partial charge in [-0.05, 0) is 67.7 Å². The van der Waals surface area contributed by atoms with E-state index in [0.29, 0.717) is 28.9 Å². The number of halogens is 2. The molecule has 0 aliphatic carbocycles. The topological polar surface area (TPSA) is 100 Å². The maximum absolute atomic E-state index is 14.8. The van der Waals surface area contributed by atoms with Crippen LogP contribution >= 0.6 is 0 Å². The van der Waals surface area contributed by atoms with Crippen molar-refractivity contribution < 1.29 is 28.2 Å². The molecule has 0 radical (unpaired) electrons. The third kappa shape index (κ3) is 7.66. The standard InChI is InChI=1S/C30H29F2N5O4/c1-4-37(5-2)17-21(38)18-40-29-16-26-23(15-27(29)33-3)28(12-13-34-26)41-22-10-11-25(24(32)14-22)36-30(39)35-20-8-6-19(31)7-9-20/h6-16,21,38H,4-5,17-18H2,1-2H3,(H2,35,36,39)/t21-/m1/s1. The zero-order valence-corrected chi connectivity index (χ0v) is 22.5. The van der Waals surface area contributed by atoms with Crippen molar-refractivity contribution in [3.8, 4) is 17.2 Å². The lowest BCUT2D eigenvalue weighted by Gasteiger charge is -2.22. The Morgan fingerprint density at radius 2 is 1.80 bits per heavy atom. The van der Waals surface area contributed by atoms with E-state index in [4.69, 9.17) is 16.0 Å². The first kappa shape index (κ1) is 29.2. The number of pyridine rings is 1. The van der Waals surface area contributed by atoms with E-state index in [-0.39, 0.29) is 29.5 Å². The molecule has 1 atom stereocenters. The van der Waals surface area contributed by atoms with Gasteiger partial charge in [0.25, 0.3) is 0 Å². The van der Waals surface area contributed by atoms with Gasteiger partial charge in [-0.2, -0.15) is 0 Å². The maximum atomic E-state index is 14.8. The van der Waals surface area contributed by atoms with Crippen molar-refractivity contribution in [1.82, 2.24) is 9.88 Å². The van der Waals surface area contributed by atoms with Crippen molar-refractivity contribution in [2.45, 2.75) is 20.0 Å². The molecule has 0 saturated heterocycles. The van der Waals surface area contributed by atoms with E-state index in [1.807, 2.05) is 13.8 Å². The Balaban J connectivity index is 1.46. The Bertz CT molecular complexity index is 1560. The highest BCUT2D eigenvalue weighted by Gasteiger charge is 2.16. The number of rotatable bonds is 11. The predicted octanol–water partition coefficient (Wildman–Crippen LogP) is 6.58. The van der Waals surface area contributed by atoms with Crippen LogP contribution in [0.2, 0.25) is 0 Å². The van der Waals surface area contributed by atoms with E-state index in [1.165, 1.54) is 42.6 Å². The number of nitrogens with one attached hydrogen (secondary N) is 2. The van der Waals surface area contributed by atoms with E-state index >= 15 is 0 Å². The molecule has 0 aliphatic heterocycles. The van der Waals surface area contributed by atoms with Crippen LogP contribution in [0.4, 0.5) is 30.6 Å². The van der Waals surface area contributed by atoms with Crippen molar-refractivity contribution in [3.05, 3.63) is 89.9 Å². The van der Waals surface area contributed by atoms with E-state index in [1.54, 1.807) is 18.2 Å². The molecular formula is C30H29F2N5O4. The normalized spacial score (nSPS) is 11.6. The van der Waals surface area contributed by atoms with E-state index in [2.05, 4.69) is 25.4 Å². The minimum atomic E-state index is -0.740. The lowest BCUT2D eigenvalue weighted by Crippen LogP contribution is -2.35. The molecular weight excluding hydrogens is 532 g/mol. The number of aliphatic hydroxyl groups excluding tert-OH is 1. The second-order valence-electron chi connectivity index (χ2n) is 9.04. The van der Waals surface area contributed by atoms with Crippen LogP contribution in [0, 0.1) is 18.2 Å². The van der Waals surface area contributed by atoms with E-state index < -0.39 is 23.8 Å². The molecule has 0 saturated carbocycles. The van der Waals surface area contributed by atoms with Crippen LogP contribution in [0.1, 0.15) is 13.8 Å². The molecule has 9 nitrogen and oxygen atoms in total. The fourth-order valence-corrected chi connectivity index (χ4v) is 4.05. The van der Waals surface area contributed by atoms with Crippen LogP contribution in [0.25, 0.3) is 15.7 Å². The zero-order valence-electron chi connectivity index (χ0n) is 22.5. The number of amides is 2. The summed E-state index contributed by atoms with van der Waals surface area (Å²) in [5, 5.41) is 15.7. The first-order chi connectivity index (χ1) is 19.8. The monoisotopic (exact) mass is 561 g/mol. The minimum Gasteiger partial charge on any atom is -0.502 e. The smallest absolute Gasteiger partial charge is 0.323 e. The van der Waals surface area contributed by atoms with Crippen LogP contribution in [-0.2, 0) is 0 Å². The lowest BCUT2D eigenvalue weighted by molar-refractivity contribution is 0.0720. The van der Waals surface area contributed by atoms with Crippen molar-refractivity contribution in [2.75, 3.05) is 36.9 Å². The van der Waals surface area contributed by atoms with Gasteiger partial charge in [-0.1, -0.05) is 13.8 Å². The summed E-state index contributed by atoms with van der Waals surface area (Å²) in [7, 11) is 0. The number of hydrogen-bond donors (Lipinski definition) is 3. The number of carbonyl (C=O) groups is 1. The van der Waals surface area contributed by atoms with Gasteiger partial charge < -0.3 is 30.1 Å². The molecule has 0 aliphatic rings. The molecule has 4 rings (SSSR count). The second kappa shape index (κ2) is 13.5. The molecule has 0 unspecified atom stereocenters. The molecule has 41 heavy (non-hydrogen) atoms. The third-order valence-corrected chi connectivity index (χ3v) is 6.22. The van der Waals surface area contributed by atoms with E-state index in [0.717, 1.165) is 19.2 Å². The summed E-state index contributed by atoms with van der Waals surface area (Å²) >= 11 is 0. The molecule has 0 bridgehead atoms. The summed E-state index contributed by atoms with van der Waals surface area (Å²) in [4.78, 5) is 22.2. The van der Waals surface area contributed by atoms with Gasteiger partial charge in [0, 0.05) is 29.9 Å². The van der Waals surface area contributed by atoms with Gasteiger partial charge in [-0.15, -0.1) is 0 Å². The summed E-state index contributed by atoms with van der Waals surface area (Å²) in [6.07, 6.45) is 0.786. The number of ether oxygens (including phenoxy) is 2. The predicted molar refractivity (Wildman–Crippen MR) is 153 cm³/mol. The van der Waals surface area contributed by atoms with Gasteiger partial charge in [0.1, 0.15) is 41.6 Å². The number of anilines is 2. The average Bonchev–Trinajstić information content (AvgIpc) is 2.97. The number of carbonyl (C=O) groups excluding carboxylic acids is 1. The summed E-state index contributed by atoms with van der Waals surface area (Å²) in [5.41, 5.74) is 0.955. The molecule has 0 spiro atoms. The summed E-state index contributed by atoms with van der Waals surface area (Å²) in [6.45, 7) is 13.7. The number of aliphatic hydroxyl groups is 1. The Hall–Kier alpha value is -4.79. The summed E-state index contributed by atoms with van der Waals surface area (Å²) in [6, 6.07) is 13.2. The number of nitrogens with zero attached hydrogens (tertiary/aromatic N) is 3. The van der Waals surface area contributed by atoms with Crippen LogP contribution in [0.3, 0.4) is 0 Å². The number of urea groups is 1. The van der Waals surface area contributed by atoms with Gasteiger partial charge in [-0.25, -0.2) is 18.4 Å². The van der Waals surface area contributed by atoms with Gasteiger partial charge in [0.15, 0.2) is 0 Å². The Labute approximate surface area is 236 Å². The highest BCUT2D eigenvalue weighted by molar-refractivity contribution is 5.99. The second-order valence-corrected chi connectivity index (χ2v) is 9.04. The number of fused-ring (bicyclic) bond motifs is 1.